The van der Waals surface area contributed by atoms with E-state index in [2.05, 4.69) is 0 Å². The van der Waals surface area contributed by atoms with Crippen molar-refractivity contribution in [3.05, 3.63) is 29.1 Å². The standard InChI is InChI=1S/C15H18BFO3/c1-14(2)15(3,4)20-16(19-14)11-7-9-5-6-13(18)10(9)8-12(11)17/h7-8H,5-6H2,1-4H3. The molecule has 0 aromatic heterocycles. The fourth-order valence-corrected chi connectivity index (χ4v) is 2.64. The number of fused-ring (bicyclic) bond motifs is 1. The number of benzene rings is 1. The van der Waals surface area contributed by atoms with E-state index in [-0.39, 0.29) is 5.78 Å². The maximum absolute atomic E-state index is 14.3. The molecular formula is C15H18BFO3. The quantitative estimate of drug-likeness (QED) is 0.738. The van der Waals surface area contributed by atoms with Gasteiger partial charge in [-0.1, -0.05) is 6.07 Å². The molecule has 1 aliphatic heterocycles. The van der Waals surface area contributed by atoms with Gasteiger partial charge in [0.05, 0.1) is 11.2 Å². The van der Waals surface area contributed by atoms with Crippen LogP contribution in [0.2, 0.25) is 0 Å². The van der Waals surface area contributed by atoms with E-state index in [9.17, 15) is 9.18 Å². The number of hydrogen-bond donors (Lipinski definition) is 0. The van der Waals surface area contributed by atoms with Crippen LogP contribution in [-0.4, -0.2) is 24.1 Å². The van der Waals surface area contributed by atoms with E-state index in [0.29, 0.717) is 23.9 Å². The second kappa shape index (κ2) is 4.15. The van der Waals surface area contributed by atoms with Crippen molar-refractivity contribution in [2.45, 2.75) is 51.7 Å². The summed E-state index contributed by atoms with van der Waals surface area (Å²) in [6, 6.07) is 3.04. The first-order chi connectivity index (χ1) is 9.21. The highest BCUT2D eigenvalue weighted by molar-refractivity contribution is 6.62. The van der Waals surface area contributed by atoms with Crippen LogP contribution in [0.4, 0.5) is 4.39 Å². The molecule has 1 fully saturated rings. The van der Waals surface area contributed by atoms with Crippen molar-refractivity contribution in [3.8, 4) is 0 Å². The van der Waals surface area contributed by atoms with Crippen molar-refractivity contribution in [1.29, 1.82) is 0 Å². The largest absolute Gasteiger partial charge is 0.497 e. The van der Waals surface area contributed by atoms with Gasteiger partial charge in [-0.2, -0.15) is 0 Å². The van der Waals surface area contributed by atoms with Gasteiger partial charge in [-0.25, -0.2) is 4.39 Å². The zero-order valence-electron chi connectivity index (χ0n) is 12.2. The summed E-state index contributed by atoms with van der Waals surface area (Å²) in [5.41, 5.74) is 0.777. The van der Waals surface area contributed by atoms with Crippen LogP contribution in [0, 0.1) is 5.82 Å². The van der Waals surface area contributed by atoms with E-state index in [1.807, 2.05) is 27.7 Å². The molecule has 0 bridgehead atoms. The lowest BCUT2D eigenvalue weighted by Crippen LogP contribution is -2.41. The summed E-state index contributed by atoms with van der Waals surface area (Å²) in [4.78, 5) is 11.6. The Morgan fingerprint density at radius 3 is 2.30 bits per heavy atom. The number of rotatable bonds is 1. The number of aryl methyl sites for hydroxylation is 1. The van der Waals surface area contributed by atoms with Crippen molar-refractivity contribution >= 4 is 18.4 Å². The van der Waals surface area contributed by atoms with Crippen molar-refractivity contribution in [2.24, 2.45) is 0 Å². The molecule has 0 N–H and O–H groups in total. The molecule has 1 saturated heterocycles. The summed E-state index contributed by atoms with van der Waals surface area (Å²) in [6.07, 6.45) is 1.13. The maximum atomic E-state index is 14.3. The van der Waals surface area contributed by atoms with E-state index in [1.54, 1.807) is 6.07 Å². The zero-order valence-corrected chi connectivity index (χ0v) is 12.2. The molecule has 0 atom stereocenters. The predicted molar refractivity (Wildman–Crippen MR) is 74.8 cm³/mol. The van der Waals surface area contributed by atoms with Crippen LogP contribution in [0.3, 0.4) is 0 Å². The summed E-state index contributed by atoms with van der Waals surface area (Å²) < 4.78 is 26.0. The molecule has 0 unspecified atom stereocenters. The van der Waals surface area contributed by atoms with Gasteiger partial charge in [0, 0.05) is 17.4 Å². The predicted octanol–water partition coefficient (Wildman–Crippen LogP) is 2.25. The number of Topliss-reactive ketones (excluding diaryl/α,β-unsaturated/α-hetero) is 1. The van der Waals surface area contributed by atoms with Gasteiger partial charge in [-0.05, 0) is 45.7 Å². The van der Waals surface area contributed by atoms with Crippen molar-refractivity contribution < 1.29 is 18.5 Å². The lowest BCUT2D eigenvalue weighted by molar-refractivity contribution is 0.00578. The molecule has 0 spiro atoms. The third-order valence-electron chi connectivity index (χ3n) is 4.65. The normalized spacial score (nSPS) is 23.2. The van der Waals surface area contributed by atoms with E-state index in [1.165, 1.54) is 6.07 Å². The second-order valence-corrected chi connectivity index (χ2v) is 6.54. The van der Waals surface area contributed by atoms with Crippen LogP contribution in [0.5, 0.6) is 0 Å². The Morgan fingerprint density at radius 1 is 1.10 bits per heavy atom. The fourth-order valence-electron chi connectivity index (χ4n) is 2.64. The molecule has 2 aliphatic rings. The molecule has 3 rings (SSSR count). The first-order valence-electron chi connectivity index (χ1n) is 6.92. The van der Waals surface area contributed by atoms with E-state index >= 15 is 0 Å². The van der Waals surface area contributed by atoms with Crippen LogP contribution < -0.4 is 5.46 Å². The summed E-state index contributed by atoms with van der Waals surface area (Å²) >= 11 is 0. The first kappa shape index (κ1) is 13.8. The lowest BCUT2D eigenvalue weighted by atomic mass is 9.77. The number of carbonyl (C=O) groups is 1. The number of halogens is 1. The average molecular weight is 276 g/mol. The SMILES string of the molecule is CC1(C)OB(c2cc3c(cc2F)C(=O)CC3)OC1(C)C. The minimum absolute atomic E-state index is 0.0133. The Hall–Kier alpha value is -1.20. The molecule has 0 saturated carbocycles. The Bertz CT molecular complexity index is 579. The first-order valence-corrected chi connectivity index (χ1v) is 6.92. The fraction of sp³-hybridized carbons (Fsp3) is 0.533. The number of ketones is 1. The Balaban J connectivity index is 1.99. The number of carbonyl (C=O) groups excluding carboxylic acids is 1. The van der Waals surface area contributed by atoms with Gasteiger partial charge in [-0.15, -0.1) is 0 Å². The van der Waals surface area contributed by atoms with Gasteiger partial charge in [0.15, 0.2) is 5.78 Å². The third-order valence-corrected chi connectivity index (χ3v) is 4.65. The smallest absolute Gasteiger partial charge is 0.399 e. The molecular weight excluding hydrogens is 258 g/mol. The summed E-state index contributed by atoms with van der Waals surface area (Å²) in [5.74, 6) is -0.420. The van der Waals surface area contributed by atoms with Crippen molar-refractivity contribution in [1.82, 2.24) is 0 Å². The maximum Gasteiger partial charge on any atom is 0.497 e. The highest BCUT2D eigenvalue weighted by atomic mass is 19.1. The van der Waals surface area contributed by atoms with Crippen LogP contribution in [-0.2, 0) is 15.7 Å². The monoisotopic (exact) mass is 276 g/mol. The molecule has 20 heavy (non-hydrogen) atoms. The lowest BCUT2D eigenvalue weighted by Gasteiger charge is -2.32. The highest BCUT2D eigenvalue weighted by Gasteiger charge is 2.52. The van der Waals surface area contributed by atoms with Crippen molar-refractivity contribution in [3.63, 3.8) is 0 Å². The van der Waals surface area contributed by atoms with Gasteiger partial charge in [0.25, 0.3) is 0 Å². The molecule has 1 aromatic rings. The molecule has 1 aliphatic carbocycles. The molecule has 3 nitrogen and oxygen atoms in total. The molecule has 1 aromatic carbocycles. The number of hydrogen-bond acceptors (Lipinski definition) is 3. The average Bonchev–Trinajstić information content (AvgIpc) is 2.77. The minimum Gasteiger partial charge on any atom is -0.399 e. The highest BCUT2D eigenvalue weighted by Crippen LogP contribution is 2.37. The van der Waals surface area contributed by atoms with E-state index < -0.39 is 24.1 Å². The second-order valence-electron chi connectivity index (χ2n) is 6.54. The van der Waals surface area contributed by atoms with E-state index in [4.69, 9.17) is 9.31 Å². The Labute approximate surface area is 118 Å². The van der Waals surface area contributed by atoms with E-state index in [0.717, 1.165) is 5.56 Å². The van der Waals surface area contributed by atoms with Crippen LogP contribution >= 0.6 is 0 Å². The van der Waals surface area contributed by atoms with Crippen LogP contribution in [0.1, 0.15) is 50.0 Å². The van der Waals surface area contributed by atoms with Gasteiger partial charge in [0.1, 0.15) is 5.82 Å². The molecule has 5 heteroatoms. The van der Waals surface area contributed by atoms with Gasteiger partial charge >= 0.3 is 7.12 Å². The van der Waals surface area contributed by atoms with Crippen LogP contribution in [0.15, 0.2) is 12.1 Å². The van der Waals surface area contributed by atoms with Crippen molar-refractivity contribution in [2.75, 3.05) is 0 Å². The Morgan fingerprint density at radius 2 is 1.70 bits per heavy atom. The summed E-state index contributed by atoms with van der Waals surface area (Å²) in [6.45, 7) is 7.73. The van der Waals surface area contributed by atoms with Gasteiger partial charge < -0.3 is 9.31 Å². The Kier molecular flexibility index (Phi) is 2.86. The topological polar surface area (TPSA) is 35.5 Å². The van der Waals surface area contributed by atoms with Crippen LogP contribution in [0.25, 0.3) is 0 Å². The van der Waals surface area contributed by atoms with Gasteiger partial charge in [-0.3, -0.25) is 4.79 Å². The third kappa shape index (κ3) is 1.92. The summed E-state index contributed by atoms with van der Waals surface area (Å²) in [7, 11) is -0.721. The molecule has 106 valence electrons. The molecule has 0 radical (unpaired) electrons. The van der Waals surface area contributed by atoms with Gasteiger partial charge in [0.2, 0.25) is 0 Å². The zero-order chi connectivity index (χ0) is 14.7. The minimum atomic E-state index is -0.721. The molecule has 1 heterocycles. The summed E-state index contributed by atoms with van der Waals surface area (Å²) in [5, 5.41) is 0. The molecule has 0 amide bonds.